The van der Waals surface area contributed by atoms with Crippen LogP contribution in [0.2, 0.25) is 0 Å². The minimum absolute atomic E-state index is 0.152. The summed E-state index contributed by atoms with van der Waals surface area (Å²) < 4.78 is 14.0. The van der Waals surface area contributed by atoms with Crippen molar-refractivity contribution in [2.45, 2.75) is 6.92 Å². The lowest BCUT2D eigenvalue weighted by Crippen LogP contribution is -2.49. The molecule has 98 valence electrons. The molecule has 1 aromatic carbocycles. The average molecular weight is 251 g/mol. The molecule has 0 aliphatic carbocycles. The largest absolute Gasteiger partial charge is 0.369 e. The normalized spacial score (nSPS) is 16.9. The van der Waals surface area contributed by atoms with Crippen LogP contribution in [0.1, 0.15) is 5.56 Å². The van der Waals surface area contributed by atoms with Gasteiger partial charge in [0.1, 0.15) is 5.82 Å². The molecule has 1 aromatic rings. The molecule has 0 spiro atoms. The van der Waals surface area contributed by atoms with Gasteiger partial charge in [-0.05, 0) is 18.6 Å². The molecule has 4 nitrogen and oxygen atoms in total. The number of halogens is 1. The Morgan fingerprint density at radius 2 is 2.00 bits per heavy atom. The third kappa shape index (κ3) is 2.79. The van der Waals surface area contributed by atoms with E-state index in [0.29, 0.717) is 24.3 Å². The fraction of sp³-hybridized carbons (Fsp3) is 0.462. The summed E-state index contributed by atoms with van der Waals surface area (Å²) in [6.07, 6.45) is 0. The van der Waals surface area contributed by atoms with Crippen LogP contribution in [0.25, 0.3) is 0 Å². The summed E-state index contributed by atoms with van der Waals surface area (Å²) in [7, 11) is 0. The van der Waals surface area contributed by atoms with Gasteiger partial charge in [0.05, 0.1) is 12.2 Å². The lowest BCUT2D eigenvalue weighted by Gasteiger charge is -2.35. The van der Waals surface area contributed by atoms with E-state index in [0.717, 1.165) is 13.1 Å². The highest BCUT2D eigenvalue weighted by Crippen LogP contribution is 2.22. The number of amides is 1. The van der Waals surface area contributed by atoms with Crippen molar-refractivity contribution < 1.29 is 9.18 Å². The summed E-state index contributed by atoms with van der Waals surface area (Å²) in [6, 6.07) is 5.43. The van der Waals surface area contributed by atoms with Gasteiger partial charge in [-0.1, -0.05) is 12.1 Å². The van der Waals surface area contributed by atoms with Gasteiger partial charge in [0.15, 0.2) is 0 Å². The number of piperazine rings is 1. The minimum atomic E-state index is -0.315. The van der Waals surface area contributed by atoms with Crippen LogP contribution in [0.4, 0.5) is 10.1 Å². The van der Waals surface area contributed by atoms with Crippen molar-refractivity contribution in [3.63, 3.8) is 0 Å². The lowest BCUT2D eigenvalue weighted by molar-refractivity contribution is -0.119. The minimum Gasteiger partial charge on any atom is -0.369 e. The number of rotatable bonds is 3. The number of anilines is 1. The molecule has 0 radical (unpaired) electrons. The molecular formula is C13H18FN3O. The maximum absolute atomic E-state index is 14.0. The molecular weight excluding hydrogens is 233 g/mol. The molecule has 1 heterocycles. The highest BCUT2D eigenvalue weighted by atomic mass is 19.1. The second-order valence-electron chi connectivity index (χ2n) is 4.64. The predicted molar refractivity (Wildman–Crippen MR) is 69.0 cm³/mol. The highest BCUT2D eigenvalue weighted by molar-refractivity contribution is 5.75. The molecule has 1 aliphatic heterocycles. The first kappa shape index (κ1) is 12.8. The van der Waals surface area contributed by atoms with Gasteiger partial charge in [-0.3, -0.25) is 9.69 Å². The average Bonchev–Trinajstić information content (AvgIpc) is 2.33. The van der Waals surface area contributed by atoms with Crippen LogP contribution in [-0.2, 0) is 4.79 Å². The zero-order valence-corrected chi connectivity index (χ0v) is 10.5. The molecule has 1 saturated heterocycles. The SMILES string of the molecule is Cc1cccc(N2CCN(CC(N)=O)CC2)c1F. The monoisotopic (exact) mass is 251 g/mol. The maximum atomic E-state index is 14.0. The molecule has 1 aliphatic rings. The Bertz CT molecular complexity index is 442. The van der Waals surface area contributed by atoms with Gasteiger partial charge < -0.3 is 10.6 Å². The van der Waals surface area contributed by atoms with Gasteiger partial charge in [0, 0.05) is 26.2 Å². The van der Waals surface area contributed by atoms with E-state index in [1.165, 1.54) is 0 Å². The predicted octanol–water partition coefficient (Wildman–Crippen LogP) is 0.741. The molecule has 0 unspecified atom stereocenters. The van der Waals surface area contributed by atoms with E-state index in [-0.39, 0.29) is 18.3 Å². The maximum Gasteiger partial charge on any atom is 0.231 e. The zero-order valence-electron chi connectivity index (χ0n) is 10.5. The second kappa shape index (κ2) is 5.35. The van der Waals surface area contributed by atoms with Gasteiger partial charge in [0.25, 0.3) is 0 Å². The van der Waals surface area contributed by atoms with Gasteiger partial charge in [-0.25, -0.2) is 4.39 Å². The number of carbonyl (C=O) groups is 1. The Morgan fingerprint density at radius 1 is 1.33 bits per heavy atom. The number of carbonyl (C=O) groups excluding carboxylic acids is 1. The van der Waals surface area contributed by atoms with Crippen LogP contribution in [0.3, 0.4) is 0 Å². The molecule has 1 amide bonds. The number of nitrogens with two attached hydrogens (primary N) is 1. The van der Waals surface area contributed by atoms with Gasteiger partial charge in [0.2, 0.25) is 5.91 Å². The summed E-state index contributed by atoms with van der Waals surface area (Å²) in [5, 5.41) is 0. The third-order valence-corrected chi connectivity index (χ3v) is 3.26. The first-order valence-electron chi connectivity index (χ1n) is 6.08. The zero-order chi connectivity index (χ0) is 13.1. The van der Waals surface area contributed by atoms with E-state index in [9.17, 15) is 9.18 Å². The second-order valence-corrected chi connectivity index (χ2v) is 4.64. The highest BCUT2D eigenvalue weighted by Gasteiger charge is 2.20. The molecule has 2 N–H and O–H groups in total. The van der Waals surface area contributed by atoms with Gasteiger partial charge >= 0.3 is 0 Å². The topological polar surface area (TPSA) is 49.6 Å². The smallest absolute Gasteiger partial charge is 0.231 e. The van der Waals surface area contributed by atoms with Crippen LogP contribution in [0.15, 0.2) is 18.2 Å². The van der Waals surface area contributed by atoms with E-state index in [2.05, 4.69) is 0 Å². The van der Waals surface area contributed by atoms with Gasteiger partial charge in [-0.15, -0.1) is 0 Å². The summed E-state index contributed by atoms with van der Waals surface area (Å²) in [4.78, 5) is 14.8. The number of nitrogens with zero attached hydrogens (tertiary/aromatic N) is 2. The molecule has 2 rings (SSSR count). The summed E-state index contributed by atoms with van der Waals surface area (Å²) in [5.41, 5.74) is 6.47. The van der Waals surface area contributed by atoms with E-state index in [1.807, 2.05) is 15.9 Å². The number of aryl methyl sites for hydroxylation is 1. The first-order chi connectivity index (χ1) is 8.58. The molecule has 0 saturated carbocycles. The summed E-state index contributed by atoms with van der Waals surface area (Å²) >= 11 is 0. The van der Waals surface area contributed by atoms with Gasteiger partial charge in [-0.2, -0.15) is 0 Å². The molecule has 1 fully saturated rings. The van der Waals surface area contributed by atoms with E-state index in [4.69, 9.17) is 5.73 Å². The standard InChI is InChI=1S/C13H18FN3O/c1-10-3-2-4-11(13(10)14)17-7-5-16(6-8-17)9-12(15)18/h2-4H,5-9H2,1H3,(H2,15,18). The van der Waals surface area contributed by atoms with Crippen LogP contribution in [-0.4, -0.2) is 43.5 Å². The van der Waals surface area contributed by atoms with Crippen molar-refractivity contribution >= 4 is 11.6 Å². The van der Waals surface area contributed by atoms with E-state index >= 15 is 0 Å². The Balaban J connectivity index is 2.01. The van der Waals surface area contributed by atoms with E-state index in [1.54, 1.807) is 19.1 Å². The van der Waals surface area contributed by atoms with Crippen molar-refractivity contribution in [2.75, 3.05) is 37.6 Å². The van der Waals surface area contributed by atoms with Crippen molar-refractivity contribution in [3.05, 3.63) is 29.6 Å². The molecule has 5 heteroatoms. The van der Waals surface area contributed by atoms with Crippen LogP contribution >= 0.6 is 0 Å². The summed E-state index contributed by atoms with van der Waals surface area (Å²) in [6.45, 7) is 4.94. The van der Waals surface area contributed by atoms with Crippen molar-refractivity contribution in [3.8, 4) is 0 Å². The van der Waals surface area contributed by atoms with Crippen molar-refractivity contribution in [2.24, 2.45) is 5.73 Å². The van der Waals surface area contributed by atoms with Crippen LogP contribution < -0.4 is 10.6 Å². The number of benzene rings is 1. The lowest BCUT2D eigenvalue weighted by atomic mass is 10.1. The van der Waals surface area contributed by atoms with Crippen LogP contribution in [0.5, 0.6) is 0 Å². The first-order valence-corrected chi connectivity index (χ1v) is 6.08. The number of hydrogen-bond donors (Lipinski definition) is 1. The van der Waals surface area contributed by atoms with Crippen molar-refractivity contribution in [1.82, 2.24) is 4.90 Å². The Morgan fingerprint density at radius 3 is 2.61 bits per heavy atom. The summed E-state index contributed by atoms with van der Waals surface area (Å²) in [5.74, 6) is -0.467. The number of primary amides is 1. The van der Waals surface area contributed by atoms with Crippen LogP contribution in [0, 0.1) is 12.7 Å². The Hall–Kier alpha value is -1.62. The fourth-order valence-corrected chi connectivity index (χ4v) is 2.24. The molecule has 18 heavy (non-hydrogen) atoms. The molecule has 0 atom stereocenters. The third-order valence-electron chi connectivity index (χ3n) is 3.26. The molecule has 0 aromatic heterocycles. The fourth-order valence-electron chi connectivity index (χ4n) is 2.24. The quantitative estimate of drug-likeness (QED) is 0.862. The Kier molecular flexibility index (Phi) is 3.81. The van der Waals surface area contributed by atoms with Crippen molar-refractivity contribution in [1.29, 1.82) is 0 Å². The Labute approximate surface area is 106 Å². The molecule has 0 bridgehead atoms. The van der Waals surface area contributed by atoms with E-state index < -0.39 is 0 Å². The number of hydrogen-bond acceptors (Lipinski definition) is 3.